The standard InChI is InChI=1S/C22H19FN4OS/c1-29-22-26-19(14-7-9-17(23)10-8-14)20(27-22)16-11-12-24-18(13-16)25-21(28)15-5-3-2-4-6-15/h3,5-13H,2,4H2,1H3,(H,26,27)(H,24,25,28). The van der Waals surface area contributed by atoms with Crippen molar-refractivity contribution in [2.45, 2.75) is 18.0 Å². The minimum Gasteiger partial charge on any atom is -0.332 e. The van der Waals surface area contributed by atoms with Gasteiger partial charge in [0.05, 0.1) is 11.4 Å². The number of imidazole rings is 1. The average Bonchev–Trinajstić information content (AvgIpc) is 3.20. The van der Waals surface area contributed by atoms with Crippen LogP contribution in [0.4, 0.5) is 10.2 Å². The Labute approximate surface area is 172 Å². The van der Waals surface area contributed by atoms with Crippen LogP contribution >= 0.6 is 11.8 Å². The number of carbonyl (C=O) groups is 1. The minimum atomic E-state index is -0.292. The molecule has 2 heterocycles. The van der Waals surface area contributed by atoms with Crippen LogP contribution < -0.4 is 5.32 Å². The van der Waals surface area contributed by atoms with Crippen molar-refractivity contribution < 1.29 is 9.18 Å². The molecule has 146 valence electrons. The third-order valence-corrected chi connectivity index (χ3v) is 5.12. The summed E-state index contributed by atoms with van der Waals surface area (Å²) in [6, 6.07) is 9.89. The van der Waals surface area contributed by atoms with Crippen LogP contribution in [0.2, 0.25) is 0 Å². The summed E-state index contributed by atoms with van der Waals surface area (Å²) in [7, 11) is 0. The number of anilines is 1. The molecule has 29 heavy (non-hydrogen) atoms. The van der Waals surface area contributed by atoms with Crippen LogP contribution in [0.3, 0.4) is 0 Å². The molecular formula is C22H19FN4OS. The van der Waals surface area contributed by atoms with E-state index in [0.29, 0.717) is 11.4 Å². The number of pyridine rings is 1. The van der Waals surface area contributed by atoms with Crippen LogP contribution in [0.5, 0.6) is 0 Å². The Morgan fingerprint density at radius 1 is 1.17 bits per heavy atom. The van der Waals surface area contributed by atoms with Crippen molar-refractivity contribution in [3.05, 3.63) is 72.2 Å². The second-order valence-electron chi connectivity index (χ2n) is 6.50. The number of amides is 1. The number of carbonyl (C=O) groups excluding carboxylic acids is 1. The van der Waals surface area contributed by atoms with E-state index in [2.05, 4.69) is 20.3 Å². The molecule has 2 N–H and O–H groups in total. The second-order valence-corrected chi connectivity index (χ2v) is 7.29. The number of nitrogens with one attached hydrogen (secondary N) is 2. The maximum absolute atomic E-state index is 13.3. The van der Waals surface area contributed by atoms with Gasteiger partial charge in [0.2, 0.25) is 0 Å². The number of thioether (sulfide) groups is 1. The highest BCUT2D eigenvalue weighted by atomic mass is 32.2. The van der Waals surface area contributed by atoms with Crippen molar-refractivity contribution >= 4 is 23.5 Å². The van der Waals surface area contributed by atoms with E-state index in [1.54, 1.807) is 24.4 Å². The van der Waals surface area contributed by atoms with Crippen molar-refractivity contribution in [1.82, 2.24) is 15.0 Å². The van der Waals surface area contributed by atoms with E-state index >= 15 is 0 Å². The van der Waals surface area contributed by atoms with Crippen LogP contribution in [0, 0.1) is 5.82 Å². The maximum atomic E-state index is 13.3. The van der Waals surface area contributed by atoms with Crippen molar-refractivity contribution in [3.63, 3.8) is 0 Å². The van der Waals surface area contributed by atoms with Crippen LogP contribution in [0.25, 0.3) is 22.5 Å². The number of allylic oxidation sites excluding steroid dienone is 2. The summed E-state index contributed by atoms with van der Waals surface area (Å²) in [4.78, 5) is 24.7. The van der Waals surface area contributed by atoms with Gasteiger partial charge in [-0.2, -0.15) is 0 Å². The summed E-state index contributed by atoms with van der Waals surface area (Å²) in [5.41, 5.74) is 3.78. The molecule has 4 rings (SSSR count). The van der Waals surface area contributed by atoms with E-state index < -0.39 is 0 Å². The molecule has 0 bridgehead atoms. The zero-order valence-electron chi connectivity index (χ0n) is 15.8. The molecule has 5 nitrogen and oxygen atoms in total. The van der Waals surface area contributed by atoms with Crippen LogP contribution in [0.1, 0.15) is 12.8 Å². The molecule has 0 unspecified atom stereocenters. The van der Waals surface area contributed by atoms with E-state index in [4.69, 9.17) is 0 Å². The van der Waals surface area contributed by atoms with Crippen molar-refractivity contribution in [2.24, 2.45) is 0 Å². The Bertz CT molecular complexity index is 1100. The lowest BCUT2D eigenvalue weighted by Gasteiger charge is -2.09. The summed E-state index contributed by atoms with van der Waals surface area (Å²) in [5, 5.41) is 3.60. The molecule has 0 saturated carbocycles. The van der Waals surface area contributed by atoms with Crippen LogP contribution in [-0.2, 0) is 4.79 Å². The Balaban J connectivity index is 1.67. The molecule has 7 heteroatoms. The highest BCUT2D eigenvalue weighted by molar-refractivity contribution is 7.98. The second kappa shape index (κ2) is 8.45. The summed E-state index contributed by atoms with van der Waals surface area (Å²) in [5.74, 6) is -0.0257. The maximum Gasteiger partial charge on any atom is 0.256 e. The lowest BCUT2D eigenvalue weighted by molar-refractivity contribution is -0.112. The van der Waals surface area contributed by atoms with Gasteiger partial charge < -0.3 is 10.3 Å². The van der Waals surface area contributed by atoms with Gasteiger partial charge in [-0.05, 0) is 55.5 Å². The van der Waals surface area contributed by atoms with Gasteiger partial charge in [0.25, 0.3) is 5.91 Å². The highest BCUT2D eigenvalue weighted by Gasteiger charge is 2.16. The molecule has 0 aliphatic heterocycles. The zero-order valence-corrected chi connectivity index (χ0v) is 16.6. The molecule has 1 amide bonds. The fourth-order valence-corrected chi connectivity index (χ4v) is 3.49. The predicted molar refractivity (Wildman–Crippen MR) is 114 cm³/mol. The lowest BCUT2D eigenvalue weighted by atomic mass is 10.1. The first-order chi connectivity index (χ1) is 14.1. The lowest BCUT2D eigenvalue weighted by Crippen LogP contribution is -2.15. The summed E-state index contributed by atoms with van der Waals surface area (Å²) in [6.07, 6.45) is 11.1. The number of nitrogens with zero attached hydrogens (tertiary/aromatic N) is 2. The number of rotatable bonds is 5. The number of halogens is 1. The molecule has 0 atom stereocenters. The number of benzene rings is 1. The molecule has 1 aliphatic rings. The number of H-pyrrole nitrogens is 1. The molecular weight excluding hydrogens is 387 g/mol. The SMILES string of the molecule is CSc1nc(-c2ccnc(NC(=O)C3=CCCC=C3)c2)c(-c2ccc(F)cc2)[nH]1. The van der Waals surface area contributed by atoms with Gasteiger partial charge in [0.1, 0.15) is 11.6 Å². The predicted octanol–water partition coefficient (Wildman–Crippen LogP) is 5.21. The summed E-state index contributed by atoms with van der Waals surface area (Å²) < 4.78 is 13.3. The van der Waals surface area contributed by atoms with Crippen LogP contribution in [-0.4, -0.2) is 27.1 Å². The quantitative estimate of drug-likeness (QED) is 0.570. The van der Waals surface area contributed by atoms with Gasteiger partial charge in [-0.15, -0.1) is 0 Å². The molecule has 0 radical (unpaired) electrons. The Morgan fingerprint density at radius 3 is 2.72 bits per heavy atom. The molecule has 0 saturated heterocycles. The van der Waals surface area contributed by atoms with Gasteiger partial charge in [-0.25, -0.2) is 14.4 Å². The number of hydrogen-bond acceptors (Lipinski definition) is 4. The minimum absolute atomic E-state index is 0.184. The van der Waals surface area contributed by atoms with Crippen molar-refractivity contribution in [1.29, 1.82) is 0 Å². The monoisotopic (exact) mass is 406 g/mol. The highest BCUT2D eigenvalue weighted by Crippen LogP contribution is 2.33. The molecule has 0 fully saturated rings. The average molecular weight is 406 g/mol. The topological polar surface area (TPSA) is 70.7 Å². The molecule has 1 aromatic carbocycles. The van der Waals surface area contributed by atoms with Gasteiger partial charge in [0.15, 0.2) is 5.16 Å². The van der Waals surface area contributed by atoms with E-state index in [0.717, 1.165) is 40.5 Å². The van der Waals surface area contributed by atoms with E-state index in [-0.39, 0.29) is 11.7 Å². The van der Waals surface area contributed by atoms with Crippen LogP contribution in [0.15, 0.2) is 71.6 Å². The molecule has 3 aromatic rings. The Morgan fingerprint density at radius 2 is 2.00 bits per heavy atom. The number of hydrogen-bond donors (Lipinski definition) is 2. The van der Waals surface area contributed by atoms with E-state index in [1.165, 1.54) is 23.9 Å². The largest absolute Gasteiger partial charge is 0.332 e. The molecule has 2 aromatic heterocycles. The summed E-state index contributed by atoms with van der Waals surface area (Å²) in [6.45, 7) is 0. The first-order valence-corrected chi connectivity index (χ1v) is 10.4. The Kier molecular flexibility index (Phi) is 5.57. The first-order valence-electron chi connectivity index (χ1n) is 9.18. The normalized spacial score (nSPS) is 13.2. The zero-order chi connectivity index (χ0) is 20.2. The van der Waals surface area contributed by atoms with Crippen molar-refractivity contribution in [3.8, 4) is 22.5 Å². The fourth-order valence-electron chi connectivity index (χ4n) is 3.10. The molecule has 0 spiro atoms. The fraction of sp³-hybridized carbons (Fsp3) is 0.136. The van der Waals surface area contributed by atoms with E-state index in [9.17, 15) is 9.18 Å². The first kappa shape index (κ1) is 19.1. The molecule has 1 aliphatic carbocycles. The number of aromatic nitrogens is 3. The van der Waals surface area contributed by atoms with Gasteiger partial charge in [-0.1, -0.05) is 30.0 Å². The summed E-state index contributed by atoms with van der Waals surface area (Å²) >= 11 is 1.49. The van der Waals surface area contributed by atoms with Gasteiger partial charge in [0, 0.05) is 22.9 Å². The van der Waals surface area contributed by atoms with Gasteiger partial charge in [-0.3, -0.25) is 4.79 Å². The third kappa shape index (κ3) is 4.30. The van der Waals surface area contributed by atoms with Crippen molar-refractivity contribution in [2.75, 3.05) is 11.6 Å². The smallest absolute Gasteiger partial charge is 0.256 e. The Hall–Kier alpha value is -3.19. The van der Waals surface area contributed by atoms with E-state index in [1.807, 2.05) is 30.6 Å². The number of aromatic amines is 1. The third-order valence-electron chi connectivity index (χ3n) is 4.54. The van der Waals surface area contributed by atoms with Gasteiger partial charge >= 0.3 is 0 Å².